The Morgan fingerprint density at radius 1 is 0.796 bits per heavy atom. The molecule has 3 N–H and O–H groups in total. The molecule has 0 spiro atoms. The van der Waals surface area contributed by atoms with E-state index >= 15 is 0 Å². The number of esters is 1. The van der Waals surface area contributed by atoms with Gasteiger partial charge < -0.3 is 30.2 Å². The molecular formula is C38H39N3O7S. The van der Waals surface area contributed by atoms with Gasteiger partial charge in [0.2, 0.25) is 5.91 Å². The van der Waals surface area contributed by atoms with Crippen LogP contribution < -0.4 is 25.4 Å². The maximum absolute atomic E-state index is 13.6. The van der Waals surface area contributed by atoms with E-state index in [0.29, 0.717) is 46.2 Å². The normalized spacial score (nSPS) is 11.6. The first-order valence-electron chi connectivity index (χ1n) is 15.7. The fourth-order valence-electron chi connectivity index (χ4n) is 4.55. The summed E-state index contributed by atoms with van der Waals surface area (Å²) in [5, 5.41) is 7.95. The number of ether oxygens (including phenoxy) is 3. The first-order chi connectivity index (χ1) is 23.7. The lowest BCUT2D eigenvalue weighted by Gasteiger charge is -2.15. The van der Waals surface area contributed by atoms with Gasteiger partial charge in [-0.05, 0) is 80.1 Å². The van der Waals surface area contributed by atoms with Gasteiger partial charge >= 0.3 is 5.97 Å². The van der Waals surface area contributed by atoms with E-state index in [1.807, 2.05) is 13.0 Å². The summed E-state index contributed by atoms with van der Waals surface area (Å²) in [7, 11) is 3.00. The van der Waals surface area contributed by atoms with Crippen molar-refractivity contribution in [1.82, 2.24) is 5.32 Å². The number of unbranched alkanes of at least 4 members (excludes halogenated alkanes) is 1. The van der Waals surface area contributed by atoms with Crippen LogP contribution in [0.15, 0.2) is 108 Å². The van der Waals surface area contributed by atoms with Crippen LogP contribution in [0, 0.1) is 0 Å². The quantitative estimate of drug-likeness (QED) is 0.0520. The van der Waals surface area contributed by atoms with E-state index < -0.39 is 23.0 Å². The van der Waals surface area contributed by atoms with Crippen molar-refractivity contribution in [1.29, 1.82) is 0 Å². The Kier molecular flexibility index (Phi) is 13.4. The van der Waals surface area contributed by atoms with Crippen molar-refractivity contribution in [2.24, 2.45) is 0 Å². The van der Waals surface area contributed by atoms with Gasteiger partial charge in [0.25, 0.3) is 11.8 Å². The number of hydrogen-bond donors (Lipinski definition) is 3. The molecule has 11 heteroatoms. The van der Waals surface area contributed by atoms with Crippen LogP contribution in [0.2, 0.25) is 0 Å². The van der Waals surface area contributed by atoms with Gasteiger partial charge in [-0.2, -0.15) is 0 Å². The molecule has 4 rings (SSSR count). The van der Waals surface area contributed by atoms with Crippen LogP contribution in [0.25, 0.3) is 6.08 Å². The van der Waals surface area contributed by atoms with Crippen molar-refractivity contribution in [3.8, 4) is 11.5 Å². The number of para-hydroxylation sites is 1. The van der Waals surface area contributed by atoms with Crippen LogP contribution in [0.3, 0.4) is 0 Å². The van der Waals surface area contributed by atoms with E-state index in [1.165, 1.54) is 32.1 Å². The fourth-order valence-corrected chi connectivity index (χ4v) is 5.48. The molecule has 1 atom stereocenters. The van der Waals surface area contributed by atoms with Crippen molar-refractivity contribution >= 4 is 52.9 Å². The van der Waals surface area contributed by atoms with Crippen molar-refractivity contribution < 1.29 is 33.4 Å². The van der Waals surface area contributed by atoms with E-state index in [2.05, 4.69) is 16.0 Å². The van der Waals surface area contributed by atoms with Gasteiger partial charge in [-0.3, -0.25) is 14.4 Å². The monoisotopic (exact) mass is 681 g/mol. The summed E-state index contributed by atoms with van der Waals surface area (Å²) < 4.78 is 16.2. The lowest BCUT2D eigenvalue weighted by atomic mass is 10.1. The molecular weight excluding hydrogens is 642 g/mol. The predicted octanol–water partition coefficient (Wildman–Crippen LogP) is 7.19. The molecule has 3 amide bonds. The Hall–Kier alpha value is -5.55. The number of carbonyl (C=O) groups excluding carboxylic acids is 4. The summed E-state index contributed by atoms with van der Waals surface area (Å²) in [6.45, 7) is 4.16. The van der Waals surface area contributed by atoms with E-state index in [-0.39, 0.29) is 11.6 Å². The molecule has 0 saturated heterocycles. The molecule has 10 nitrogen and oxygen atoms in total. The summed E-state index contributed by atoms with van der Waals surface area (Å²) in [4.78, 5) is 52.6. The summed E-state index contributed by atoms with van der Waals surface area (Å²) in [5.41, 5.74) is 2.30. The second-order valence-electron chi connectivity index (χ2n) is 10.8. The summed E-state index contributed by atoms with van der Waals surface area (Å²) in [6, 6.07) is 27.4. The third-order valence-corrected chi connectivity index (χ3v) is 8.25. The van der Waals surface area contributed by atoms with E-state index in [1.54, 1.807) is 97.9 Å². The SMILES string of the molecule is CCCCOC(=O)c1ccc(NC(=O)C(C)Sc2cccc(NC(=O)/C(=C\c3cccc(OC)c3OC)NC(=O)c3ccccc3)c2)cc1. The Morgan fingerprint density at radius 2 is 1.53 bits per heavy atom. The molecule has 4 aromatic rings. The highest BCUT2D eigenvalue weighted by Gasteiger charge is 2.19. The number of nitrogens with one attached hydrogen (secondary N) is 3. The van der Waals surface area contributed by atoms with Gasteiger partial charge in [0.15, 0.2) is 11.5 Å². The van der Waals surface area contributed by atoms with Crippen molar-refractivity contribution in [2.75, 3.05) is 31.5 Å². The first-order valence-corrected chi connectivity index (χ1v) is 16.6. The molecule has 4 aromatic carbocycles. The minimum Gasteiger partial charge on any atom is -0.493 e. The maximum atomic E-state index is 13.6. The largest absolute Gasteiger partial charge is 0.493 e. The van der Waals surface area contributed by atoms with E-state index in [9.17, 15) is 19.2 Å². The minimum atomic E-state index is -0.570. The topological polar surface area (TPSA) is 132 Å². The molecule has 0 aromatic heterocycles. The number of thioether (sulfide) groups is 1. The fraction of sp³-hybridized carbons (Fsp3) is 0.211. The van der Waals surface area contributed by atoms with Crippen LogP contribution in [0.4, 0.5) is 11.4 Å². The molecule has 49 heavy (non-hydrogen) atoms. The molecule has 0 aliphatic heterocycles. The Balaban J connectivity index is 1.45. The Morgan fingerprint density at radius 3 is 2.22 bits per heavy atom. The Bertz CT molecular complexity index is 1790. The number of anilines is 2. The zero-order valence-electron chi connectivity index (χ0n) is 27.8. The second-order valence-corrected chi connectivity index (χ2v) is 12.2. The number of carbonyl (C=O) groups is 4. The molecule has 0 radical (unpaired) electrons. The number of methoxy groups -OCH3 is 2. The van der Waals surface area contributed by atoms with Gasteiger partial charge in [0, 0.05) is 27.4 Å². The first kappa shape index (κ1) is 36.3. The van der Waals surface area contributed by atoms with Crippen LogP contribution >= 0.6 is 11.8 Å². The molecule has 0 aliphatic rings. The van der Waals surface area contributed by atoms with E-state index in [4.69, 9.17) is 14.2 Å². The number of amides is 3. The molecule has 1 unspecified atom stereocenters. The van der Waals surface area contributed by atoms with E-state index in [0.717, 1.165) is 17.7 Å². The third kappa shape index (κ3) is 10.5. The third-order valence-electron chi connectivity index (χ3n) is 7.16. The standard InChI is InChI=1S/C38H39N3O7S/c1-5-6-22-48-38(45)27-18-20-29(21-19-27)39-35(42)25(2)49-31-16-11-15-30(24-31)40-37(44)32(41-36(43)26-12-8-7-9-13-26)23-28-14-10-17-33(46-3)34(28)47-4/h7-21,23-25H,5-6,22H2,1-4H3,(H,39,42)(H,40,44)(H,41,43)/b32-23+. The number of hydrogen-bond acceptors (Lipinski definition) is 8. The zero-order chi connectivity index (χ0) is 35.2. The van der Waals surface area contributed by atoms with Gasteiger partial charge in [-0.1, -0.05) is 49.7 Å². The summed E-state index contributed by atoms with van der Waals surface area (Å²) in [6.07, 6.45) is 3.25. The highest BCUT2D eigenvalue weighted by molar-refractivity contribution is 8.00. The maximum Gasteiger partial charge on any atom is 0.338 e. The minimum absolute atomic E-state index is 0.0218. The molecule has 0 heterocycles. The summed E-state index contributed by atoms with van der Waals surface area (Å²) >= 11 is 1.31. The van der Waals surface area contributed by atoms with Crippen LogP contribution in [-0.4, -0.2) is 49.8 Å². The molecule has 0 fully saturated rings. The molecule has 254 valence electrons. The van der Waals surface area contributed by atoms with Crippen molar-refractivity contribution in [3.63, 3.8) is 0 Å². The highest BCUT2D eigenvalue weighted by Crippen LogP contribution is 2.32. The zero-order valence-corrected chi connectivity index (χ0v) is 28.6. The average Bonchev–Trinajstić information content (AvgIpc) is 3.11. The van der Waals surface area contributed by atoms with Crippen molar-refractivity contribution in [3.05, 3.63) is 119 Å². The second kappa shape index (κ2) is 18.1. The smallest absolute Gasteiger partial charge is 0.338 e. The molecule has 0 bridgehead atoms. The van der Waals surface area contributed by atoms with Gasteiger partial charge in [0.05, 0.1) is 31.6 Å². The van der Waals surface area contributed by atoms with Gasteiger partial charge in [0.1, 0.15) is 5.70 Å². The summed E-state index contributed by atoms with van der Waals surface area (Å²) in [5.74, 6) is -0.805. The number of rotatable bonds is 15. The highest BCUT2D eigenvalue weighted by atomic mass is 32.2. The predicted molar refractivity (Wildman–Crippen MR) is 192 cm³/mol. The van der Waals surface area contributed by atoms with Gasteiger partial charge in [-0.25, -0.2) is 4.79 Å². The van der Waals surface area contributed by atoms with Crippen molar-refractivity contribution in [2.45, 2.75) is 36.8 Å². The van der Waals surface area contributed by atoms with Crippen LogP contribution in [-0.2, 0) is 14.3 Å². The lowest BCUT2D eigenvalue weighted by molar-refractivity contribution is -0.115. The molecule has 0 aliphatic carbocycles. The number of benzene rings is 4. The van der Waals surface area contributed by atoms with Crippen LogP contribution in [0.5, 0.6) is 11.5 Å². The lowest BCUT2D eigenvalue weighted by Crippen LogP contribution is -2.30. The van der Waals surface area contributed by atoms with Gasteiger partial charge in [-0.15, -0.1) is 11.8 Å². The Labute approximate surface area is 290 Å². The average molecular weight is 682 g/mol. The van der Waals surface area contributed by atoms with Crippen LogP contribution in [0.1, 0.15) is 53.0 Å². The molecule has 0 saturated carbocycles.